The monoisotopic (exact) mass is 438 g/mol. The second-order valence-corrected chi connectivity index (χ2v) is 7.27. The molecule has 0 unspecified atom stereocenters. The summed E-state index contributed by atoms with van der Waals surface area (Å²) >= 11 is 0. The van der Waals surface area contributed by atoms with E-state index in [4.69, 9.17) is 9.47 Å². The summed E-state index contributed by atoms with van der Waals surface area (Å²) in [6, 6.07) is 13.5. The van der Waals surface area contributed by atoms with E-state index >= 15 is 0 Å². The van der Waals surface area contributed by atoms with Crippen LogP contribution in [0.1, 0.15) is 36.3 Å². The van der Waals surface area contributed by atoms with Gasteiger partial charge in [-0.3, -0.25) is 14.2 Å². The Hall–Kier alpha value is -3.88. The van der Waals surface area contributed by atoms with E-state index in [1.807, 2.05) is 13.8 Å². The van der Waals surface area contributed by atoms with Gasteiger partial charge in [0.05, 0.1) is 26.5 Å². The fourth-order valence-corrected chi connectivity index (χ4v) is 3.05. The highest BCUT2D eigenvalue weighted by atomic mass is 16.5. The molecule has 1 N–H and O–H groups in total. The average molecular weight is 438 g/mol. The molecule has 1 aromatic heterocycles. The van der Waals surface area contributed by atoms with Crippen molar-refractivity contribution in [2.45, 2.75) is 32.9 Å². The van der Waals surface area contributed by atoms with E-state index in [1.165, 1.54) is 14.2 Å². The average Bonchev–Trinajstić information content (AvgIpc) is 2.81. The first-order valence-corrected chi connectivity index (χ1v) is 10.2. The molecule has 1 amide bonds. The van der Waals surface area contributed by atoms with Gasteiger partial charge in [0.25, 0.3) is 11.5 Å². The molecule has 0 saturated heterocycles. The molecule has 9 heteroatoms. The van der Waals surface area contributed by atoms with Crippen LogP contribution in [0.2, 0.25) is 0 Å². The van der Waals surface area contributed by atoms with Gasteiger partial charge in [-0.1, -0.05) is 25.1 Å². The lowest BCUT2D eigenvalue weighted by atomic mass is 10.2. The number of methoxy groups -OCH3 is 2. The Kier molecular flexibility index (Phi) is 7.09. The second-order valence-electron chi connectivity index (χ2n) is 7.27. The summed E-state index contributed by atoms with van der Waals surface area (Å²) in [6.45, 7) is 3.69. The van der Waals surface area contributed by atoms with E-state index in [-0.39, 0.29) is 18.3 Å². The number of hydrogen-bond acceptors (Lipinski definition) is 6. The molecule has 0 bridgehead atoms. The van der Waals surface area contributed by atoms with Crippen LogP contribution in [0.4, 0.5) is 0 Å². The van der Waals surface area contributed by atoms with E-state index in [0.29, 0.717) is 29.2 Å². The maximum atomic E-state index is 13.3. The normalized spacial score (nSPS) is 11.6. The highest BCUT2D eigenvalue weighted by molar-refractivity contribution is 5.91. The van der Waals surface area contributed by atoms with Crippen LogP contribution in [0.3, 0.4) is 0 Å². The molecule has 168 valence electrons. The molecular formula is C23H26N4O5. The van der Waals surface area contributed by atoms with Gasteiger partial charge in [-0.15, -0.1) is 0 Å². The minimum Gasteiger partial charge on any atom is -0.497 e. The van der Waals surface area contributed by atoms with E-state index in [1.54, 1.807) is 48.5 Å². The topological polar surface area (TPSA) is 104 Å². The van der Waals surface area contributed by atoms with Gasteiger partial charge in [0.2, 0.25) is 5.69 Å². The number of ether oxygens (including phenoxy) is 2. The number of nitrogens with one attached hydrogen (secondary N) is 1. The number of carbonyl (C=O) groups excluding carboxylic acids is 1. The maximum Gasteiger partial charge on any atom is 0.352 e. The quantitative estimate of drug-likeness (QED) is 0.577. The maximum absolute atomic E-state index is 13.3. The molecule has 0 aliphatic rings. The first-order valence-electron chi connectivity index (χ1n) is 10.2. The lowest BCUT2D eigenvalue weighted by molar-refractivity contribution is 0.0929. The van der Waals surface area contributed by atoms with Gasteiger partial charge in [0.15, 0.2) is 0 Å². The van der Waals surface area contributed by atoms with Gasteiger partial charge in [0, 0.05) is 12.1 Å². The molecule has 9 nitrogen and oxygen atoms in total. The fourth-order valence-electron chi connectivity index (χ4n) is 3.05. The predicted octanol–water partition coefficient (Wildman–Crippen LogP) is 1.99. The molecule has 0 aliphatic carbocycles. The van der Waals surface area contributed by atoms with Crippen LogP contribution >= 0.6 is 0 Å². The van der Waals surface area contributed by atoms with Crippen LogP contribution in [-0.4, -0.2) is 40.5 Å². The highest BCUT2D eigenvalue weighted by Gasteiger charge is 2.21. The zero-order valence-electron chi connectivity index (χ0n) is 18.5. The Morgan fingerprint density at radius 3 is 2.38 bits per heavy atom. The zero-order chi connectivity index (χ0) is 23.3. The Balaban J connectivity index is 2.19. The summed E-state index contributed by atoms with van der Waals surface area (Å²) in [5.41, 5.74) is -0.772. The van der Waals surface area contributed by atoms with Crippen LogP contribution in [0, 0.1) is 0 Å². The Bertz CT molecular complexity index is 1230. The van der Waals surface area contributed by atoms with Crippen LogP contribution in [0.5, 0.6) is 11.5 Å². The SMILES string of the molecule is CC[C@H](C)NC(=O)c1nn(-c2cccc(OC)c2)c(=O)n(Cc2cccc(OC)c2)c1=O. The van der Waals surface area contributed by atoms with Crippen molar-refractivity contribution in [1.29, 1.82) is 0 Å². The number of benzene rings is 2. The molecule has 1 atom stereocenters. The number of nitrogens with zero attached hydrogens (tertiary/aromatic N) is 3. The van der Waals surface area contributed by atoms with E-state index < -0.39 is 17.2 Å². The van der Waals surface area contributed by atoms with Gasteiger partial charge in [0.1, 0.15) is 11.5 Å². The Labute approximate surface area is 185 Å². The summed E-state index contributed by atoms with van der Waals surface area (Å²) in [5, 5.41) is 6.86. The van der Waals surface area contributed by atoms with Crippen LogP contribution in [-0.2, 0) is 6.54 Å². The van der Waals surface area contributed by atoms with Crippen molar-refractivity contribution in [3.63, 3.8) is 0 Å². The molecule has 2 aromatic carbocycles. The molecule has 0 fully saturated rings. The van der Waals surface area contributed by atoms with E-state index in [2.05, 4.69) is 10.4 Å². The summed E-state index contributed by atoms with van der Waals surface area (Å²) in [7, 11) is 3.04. The second kappa shape index (κ2) is 9.95. The summed E-state index contributed by atoms with van der Waals surface area (Å²) in [6.07, 6.45) is 0.680. The molecule has 0 saturated carbocycles. The van der Waals surface area contributed by atoms with E-state index in [9.17, 15) is 14.4 Å². The lowest BCUT2D eigenvalue weighted by Gasteiger charge is -2.15. The molecule has 3 rings (SSSR count). The summed E-state index contributed by atoms with van der Waals surface area (Å²) in [4.78, 5) is 39.2. The standard InChI is InChI=1S/C23H26N4O5/c1-5-15(2)24-21(28)20-22(29)26(14-16-8-6-10-18(12-16)31-3)23(30)27(25-20)17-9-7-11-19(13-17)32-4/h6-13,15H,5,14H2,1-4H3,(H,24,28)/t15-/m0/s1. The van der Waals surface area contributed by atoms with Crippen molar-refractivity contribution in [3.8, 4) is 17.2 Å². The number of aromatic nitrogens is 3. The first kappa shape index (κ1) is 22.8. The van der Waals surface area contributed by atoms with Gasteiger partial charge in [-0.2, -0.15) is 9.78 Å². The first-order chi connectivity index (χ1) is 15.4. The summed E-state index contributed by atoms with van der Waals surface area (Å²) < 4.78 is 12.5. The molecular weight excluding hydrogens is 412 g/mol. The molecule has 1 heterocycles. The van der Waals surface area contributed by atoms with Gasteiger partial charge in [-0.25, -0.2) is 4.79 Å². The zero-order valence-corrected chi connectivity index (χ0v) is 18.5. The minimum atomic E-state index is -0.766. The van der Waals surface area contributed by atoms with Crippen molar-refractivity contribution >= 4 is 5.91 Å². The van der Waals surface area contributed by atoms with Crippen molar-refractivity contribution in [2.75, 3.05) is 14.2 Å². The highest BCUT2D eigenvalue weighted by Crippen LogP contribution is 2.15. The smallest absolute Gasteiger partial charge is 0.352 e. The molecule has 32 heavy (non-hydrogen) atoms. The van der Waals surface area contributed by atoms with Crippen LogP contribution in [0.15, 0.2) is 58.1 Å². The number of hydrogen-bond donors (Lipinski definition) is 1. The Morgan fingerprint density at radius 1 is 1.06 bits per heavy atom. The van der Waals surface area contributed by atoms with Crippen molar-refractivity contribution < 1.29 is 14.3 Å². The molecule has 3 aromatic rings. The number of amides is 1. The summed E-state index contributed by atoms with van der Waals surface area (Å²) in [5.74, 6) is 0.459. The van der Waals surface area contributed by atoms with Gasteiger partial charge in [-0.05, 0) is 43.2 Å². The van der Waals surface area contributed by atoms with Crippen molar-refractivity contribution in [2.24, 2.45) is 0 Å². The van der Waals surface area contributed by atoms with Crippen molar-refractivity contribution in [1.82, 2.24) is 19.7 Å². The third kappa shape index (κ3) is 4.88. The molecule has 0 aliphatic heterocycles. The minimum absolute atomic E-state index is 0.0506. The van der Waals surface area contributed by atoms with Crippen molar-refractivity contribution in [3.05, 3.63) is 80.6 Å². The number of rotatable bonds is 8. The lowest BCUT2D eigenvalue weighted by Crippen LogP contribution is -2.47. The number of carbonyl (C=O) groups is 1. The fraction of sp³-hybridized carbons (Fsp3) is 0.304. The largest absolute Gasteiger partial charge is 0.497 e. The van der Waals surface area contributed by atoms with Gasteiger partial charge < -0.3 is 14.8 Å². The van der Waals surface area contributed by atoms with Crippen LogP contribution in [0.25, 0.3) is 5.69 Å². The molecule has 0 spiro atoms. The predicted molar refractivity (Wildman–Crippen MR) is 120 cm³/mol. The third-order valence-corrected chi connectivity index (χ3v) is 5.04. The molecule has 0 radical (unpaired) electrons. The van der Waals surface area contributed by atoms with E-state index in [0.717, 1.165) is 9.25 Å². The van der Waals surface area contributed by atoms with Crippen LogP contribution < -0.4 is 26.0 Å². The third-order valence-electron chi connectivity index (χ3n) is 5.04. The van der Waals surface area contributed by atoms with Gasteiger partial charge >= 0.3 is 5.69 Å². The Morgan fingerprint density at radius 2 is 1.72 bits per heavy atom.